The zero-order valence-corrected chi connectivity index (χ0v) is 14.9. The third kappa shape index (κ3) is 4.72. The molecular weight excluding hydrogens is 334 g/mol. The molecule has 0 aliphatic rings. The van der Waals surface area contributed by atoms with Crippen molar-refractivity contribution in [2.75, 3.05) is 0 Å². The minimum Gasteiger partial charge on any atom is -0.461 e. The number of aromatic nitrogens is 2. The highest BCUT2D eigenvalue weighted by Crippen LogP contribution is 2.22. The summed E-state index contributed by atoms with van der Waals surface area (Å²) in [6.07, 6.45) is 1.47. The van der Waals surface area contributed by atoms with Crippen LogP contribution < -0.4 is 5.32 Å². The van der Waals surface area contributed by atoms with Gasteiger partial charge in [0.15, 0.2) is 5.76 Å². The van der Waals surface area contributed by atoms with Gasteiger partial charge in [-0.25, -0.2) is 4.79 Å². The molecule has 0 aliphatic heterocycles. The van der Waals surface area contributed by atoms with E-state index in [2.05, 4.69) is 15.5 Å². The van der Waals surface area contributed by atoms with E-state index in [9.17, 15) is 4.79 Å². The molecule has 0 saturated carbocycles. The Bertz CT molecular complexity index is 835. The second-order valence-electron chi connectivity index (χ2n) is 6.82. The molecule has 26 heavy (non-hydrogen) atoms. The van der Waals surface area contributed by atoms with Crippen molar-refractivity contribution in [3.05, 3.63) is 60.2 Å². The SMILES string of the molecule is CC(C)(C)OC(=O)NC(Cc1ccccc1)c1nc(-c2ccco2)no1. The summed E-state index contributed by atoms with van der Waals surface area (Å²) in [4.78, 5) is 16.6. The summed E-state index contributed by atoms with van der Waals surface area (Å²) < 4.78 is 16.0. The van der Waals surface area contributed by atoms with Crippen LogP contribution in [0.25, 0.3) is 11.6 Å². The second-order valence-corrected chi connectivity index (χ2v) is 6.82. The third-order valence-electron chi connectivity index (χ3n) is 3.46. The van der Waals surface area contributed by atoms with E-state index in [0.717, 1.165) is 5.56 Å². The Morgan fingerprint density at radius 2 is 1.96 bits per heavy atom. The highest BCUT2D eigenvalue weighted by molar-refractivity contribution is 5.68. The first-order valence-corrected chi connectivity index (χ1v) is 8.31. The molecule has 2 aromatic heterocycles. The Morgan fingerprint density at radius 1 is 1.19 bits per heavy atom. The maximum absolute atomic E-state index is 12.2. The molecule has 1 aromatic carbocycles. The number of amides is 1. The first-order valence-electron chi connectivity index (χ1n) is 8.31. The predicted octanol–water partition coefficient (Wildman–Crippen LogP) is 4.14. The molecule has 0 saturated heterocycles. The van der Waals surface area contributed by atoms with Crippen molar-refractivity contribution in [3.63, 3.8) is 0 Å². The summed E-state index contributed by atoms with van der Waals surface area (Å²) in [5.41, 5.74) is 0.418. The van der Waals surface area contributed by atoms with Gasteiger partial charge in [-0.05, 0) is 38.5 Å². The Hall–Kier alpha value is -3.09. The van der Waals surface area contributed by atoms with E-state index in [4.69, 9.17) is 13.7 Å². The van der Waals surface area contributed by atoms with E-state index in [1.807, 2.05) is 30.3 Å². The van der Waals surface area contributed by atoms with E-state index in [1.54, 1.807) is 32.9 Å². The van der Waals surface area contributed by atoms with E-state index in [1.165, 1.54) is 6.26 Å². The number of benzene rings is 1. The number of nitrogens with zero attached hydrogens (tertiary/aromatic N) is 2. The van der Waals surface area contributed by atoms with Gasteiger partial charge in [0.25, 0.3) is 0 Å². The lowest BCUT2D eigenvalue weighted by molar-refractivity contribution is 0.0493. The number of ether oxygens (including phenoxy) is 1. The van der Waals surface area contributed by atoms with Crippen LogP contribution in [0.1, 0.15) is 38.3 Å². The van der Waals surface area contributed by atoms with E-state index in [0.29, 0.717) is 18.0 Å². The van der Waals surface area contributed by atoms with Crippen molar-refractivity contribution in [1.82, 2.24) is 15.5 Å². The van der Waals surface area contributed by atoms with Crippen LogP contribution in [0.5, 0.6) is 0 Å². The number of furan rings is 1. The number of nitrogens with one attached hydrogen (secondary N) is 1. The number of carbonyl (C=O) groups is 1. The molecule has 3 aromatic rings. The monoisotopic (exact) mass is 355 g/mol. The van der Waals surface area contributed by atoms with E-state index < -0.39 is 17.7 Å². The normalized spacial score (nSPS) is 12.6. The van der Waals surface area contributed by atoms with Crippen LogP contribution in [-0.4, -0.2) is 21.8 Å². The van der Waals surface area contributed by atoms with Gasteiger partial charge in [0.05, 0.1) is 6.26 Å². The molecule has 1 amide bonds. The van der Waals surface area contributed by atoms with Crippen molar-refractivity contribution in [1.29, 1.82) is 0 Å². The van der Waals surface area contributed by atoms with Gasteiger partial charge in [-0.3, -0.25) is 0 Å². The van der Waals surface area contributed by atoms with Crippen molar-refractivity contribution < 1.29 is 18.5 Å². The summed E-state index contributed by atoms with van der Waals surface area (Å²) in [6.45, 7) is 5.42. The highest BCUT2D eigenvalue weighted by Gasteiger charge is 2.25. The molecule has 7 heteroatoms. The maximum atomic E-state index is 12.2. The average Bonchev–Trinajstić information content (AvgIpc) is 3.25. The van der Waals surface area contributed by atoms with E-state index >= 15 is 0 Å². The third-order valence-corrected chi connectivity index (χ3v) is 3.46. The molecule has 0 fully saturated rings. The van der Waals surface area contributed by atoms with Crippen molar-refractivity contribution in [2.45, 2.75) is 38.8 Å². The van der Waals surface area contributed by atoms with E-state index in [-0.39, 0.29) is 5.89 Å². The van der Waals surface area contributed by atoms with Crippen molar-refractivity contribution in [3.8, 4) is 11.6 Å². The van der Waals surface area contributed by atoms with Crippen LogP contribution in [0.4, 0.5) is 4.79 Å². The smallest absolute Gasteiger partial charge is 0.408 e. The van der Waals surface area contributed by atoms with Gasteiger partial charge >= 0.3 is 6.09 Å². The number of rotatable bonds is 5. The highest BCUT2D eigenvalue weighted by atomic mass is 16.6. The van der Waals surface area contributed by atoms with Gasteiger partial charge in [-0.2, -0.15) is 4.98 Å². The number of alkyl carbamates (subject to hydrolysis) is 1. The summed E-state index contributed by atoms with van der Waals surface area (Å²) in [7, 11) is 0. The molecule has 1 unspecified atom stereocenters. The fraction of sp³-hybridized carbons (Fsp3) is 0.316. The minimum atomic E-state index is -0.602. The predicted molar refractivity (Wildman–Crippen MR) is 94.3 cm³/mol. The number of carbonyl (C=O) groups excluding carboxylic acids is 1. The summed E-state index contributed by atoms with van der Waals surface area (Å²) >= 11 is 0. The van der Waals surface area contributed by atoms with Gasteiger partial charge in [-0.15, -0.1) is 0 Å². The quantitative estimate of drug-likeness (QED) is 0.740. The average molecular weight is 355 g/mol. The standard InChI is InChI=1S/C19H21N3O4/c1-19(2,3)25-18(23)20-14(12-13-8-5-4-6-9-13)17-21-16(22-26-17)15-10-7-11-24-15/h4-11,14H,12H2,1-3H3,(H,20,23). The maximum Gasteiger partial charge on any atom is 0.408 e. The molecule has 0 spiro atoms. The zero-order valence-electron chi connectivity index (χ0n) is 14.9. The molecule has 0 bridgehead atoms. The Balaban J connectivity index is 1.81. The largest absolute Gasteiger partial charge is 0.461 e. The Labute approximate surface area is 151 Å². The van der Waals surface area contributed by atoms with Crippen LogP contribution in [-0.2, 0) is 11.2 Å². The first-order chi connectivity index (χ1) is 12.4. The molecule has 136 valence electrons. The lowest BCUT2D eigenvalue weighted by Crippen LogP contribution is -2.36. The second kappa shape index (κ2) is 7.43. The Kier molecular flexibility index (Phi) is 5.06. The molecule has 0 radical (unpaired) electrons. The van der Waals surface area contributed by atoms with Gasteiger partial charge in [0, 0.05) is 6.42 Å². The Morgan fingerprint density at radius 3 is 2.62 bits per heavy atom. The van der Waals surface area contributed by atoms with Crippen LogP contribution >= 0.6 is 0 Å². The van der Waals surface area contributed by atoms with Gasteiger partial charge in [0.1, 0.15) is 11.6 Å². The summed E-state index contributed by atoms with van der Waals surface area (Å²) in [5.74, 6) is 1.11. The van der Waals surface area contributed by atoms with Crippen LogP contribution in [0, 0.1) is 0 Å². The van der Waals surface area contributed by atoms with Crippen LogP contribution in [0.2, 0.25) is 0 Å². The van der Waals surface area contributed by atoms with Crippen LogP contribution in [0.3, 0.4) is 0 Å². The van der Waals surface area contributed by atoms with Gasteiger partial charge in [0.2, 0.25) is 11.7 Å². The lowest BCUT2D eigenvalue weighted by atomic mass is 10.1. The molecule has 2 heterocycles. The van der Waals surface area contributed by atoms with Crippen molar-refractivity contribution >= 4 is 6.09 Å². The van der Waals surface area contributed by atoms with Gasteiger partial charge in [-0.1, -0.05) is 35.5 Å². The fourth-order valence-corrected chi connectivity index (χ4v) is 2.38. The fourth-order valence-electron chi connectivity index (χ4n) is 2.38. The van der Waals surface area contributed by atoms with Gasteiger partial charge < -0.3 is 19.0 Å². The lowest BCUT2D eigenvalue weighted by Gasteiger charge is -2.22. The molecule has 1 atom stereocenters. The number of hydrogen-bond acceptors (Lipinski definition) is 6. The molecule has 1 N–H and O–H groups in total. The topological polar surface area (TPSA) is 90.4 Å². The number of hydrogen-bond donors (Lipinski definition) is 1. The van der Waals surface area contributed by atoms with Crippen LogP contribution in [0.15, 0.2) is 57.7 Å². The van der Waals surface area contributed by atoms with Crippen molar-refractivity contribution in [2.24, 2.45) is 0 Å². The molecule has 7 nitrogen and oxygen atoms in total. The molecular formula is C19H21N3O4. The molecule has 3 rings (SSSR count). The summed E-state index contributed by atoms with van der Waals surface area (Å²) in [6, 6.07) is 12.7. The first kappa shape index (κ1) is 17.7. The molecule has 0 aliphatic carbocycles. The zero-order chi connectivity index (χ0) is 18.6. The minimum absolute atomic E-state index is 0.283. The summed E-state index contributed by atoms with van der Waals surface area (Å²) in [5, 5.41) is 6.74.